The van der Waals surface area contributed by atoms with Gasteiger partial charge in [-0.15, -0.1) is 29.8 Å². The fourth-order valence-corrected chi connectivity index (χ4v) is 5.82. The first kappa shape index (κ1) is 29.3. The number of hydrogen-bond acceptors (Lipinski definition) is 4. The van der Waals surface area contributed by atoms with Crippen LogP contribution in [0.4, 0.5) is 17.2 Å². The van der Waals surface area contributed by atoms with Gasteiger partial charge in [-0.1, -0.05) is 67.9 Å². The Labute approximate surface area is 271 Å². The van der Waals surface area contributed by atoms with Gasteiger partial charge < -0.3 is 10.0 Å². The summed E-state index contributed by atoms with van der Waals surface area (Å²) in [5.74, 6) is 1.03. The van der Waals surface area contributed by atoms with Crippen molar-refractivity contribution in [1.82, 2.24) is 14.5 Å². The molecule has 0 radical (unpaired) electrons. The van der Waals surface area contributed by atoms with E-state index in [1.807, 2.05) is 60.8 Å². The third-order valence-electron chi connectivity index (χ3n) is 7.97. The molecule has 0 amide bonds. The molecule has 220 valence electrons. The summed E-state index contributed by atoms with van der Waals surface area (Å²) in [6.07, 6.45) is 3.57. The van der Waals surface area contributed by atoms with Crippen LogP contribution in [0.5, 0.6) is 5.75 Å². The van der Waals surface area contributed by atoms with Crippen molar-refractivity contribution in [3.8, 4) is 22.7 Å². The quantitative estimate of drug-likeness (QED) is 0.165. The summed E-state index contributed by atoms with van der Waals surface area (Å²) in [6.45, 7) is 4.34. The zero-order valence-electron chi connectivity index (χ0n) is 24.5. The second-order valence-electron chi connectivity index (χ2n) is 10.6. The maximum atomic E-state index is 10.9. The van der Waals surface area contributed by atoms with E-state index in [0.717, 1.165) is 68.8 Å². The Hall–Kier alpha value is -4.73. The second kappa shape index (κ2) is 12.5. The molecule has 0 aliphatic carbocycles. The number of pyridine rings is 2. The zero-order valence-corrected chi connectivity index (χ0v) is 26.8. The fraction of sp³-hybridized carbons (Fsp3) is 0.105. The first-order valence-electron chi connectivity index (χ1n) is 14.7. The predicted octanol–water partition coefficient (Wildman–Crippen LogP) is 9.34. The van der Waals surface area contributed by atoms with E-state index in [2.05, 4.69) is 89.0 Å². The van der Waals surface area contributed by atoms with Crippen molar-refractivity contribution in [2.75, 3.05) is 4.90 Å². The van der Waals surface area contributed by atoms with Crippen LogP contribution in [-0.2, 0) is 33.9 Å². The summed E-state index contributed by atoms with van der Waals surface area (Å²) in [5, 5.41) is 13.1. The molecule has 3 heterocycles. The van der Waals surface area contributed by atoms with Crippen molar-refractivity contribution >= 4 is 39.1 Å². The molecule has 0 saturated heterocycles. The zero-order chi connectivity index (χ0) is 29.3. The van der Waals surface area contributed by atoms with Crippen LogP contribution < -0.4 is 4.90 Å². The number of phenols is 1. The molecule has 0 saturated carbocycles. The van der Waals surface area contributed by atoms with Gasteiger partial charge >= 0.3 is 0 Å². The number of aromatic hydroxyl groups is 1. The minimum Gasteiger partial charge on any atom is -0.506 e. The number of fused-ring (bicyclic) bond motifs is 3. The topological polar surface area (TPSA) is 54.2 Å². The number of para-hydroxylation sites is 3. The third-order valence-corrected chi connectivity index (χ3v) is 7.97. The van der Waals surface area contributed by atoms with Gasteiger partial charge in [-0.2, -0.15) is 0 Å². The third kappa shape index (κ3) is 5.18. The molecule has 0 fully saturated rings. The summed E-state index contributed by atoms with van der Waals surface area (Å²) in [5.41, 5.74) is 8.59. The average molecular weight is 755 g/mol. The van der Waals surface area contributed by atoms with Crippen LogP contribution in [0.2, 0.25) is 0 Å². The van der Waals surface area contributed by atoms with Gasteiger partial charge in [-0.3, -0.25) is 9.55 Å². The normalized spacial score (nSPS) is 11.0. The Balaban J connectivity index is 0.00000343. The first-order valence-corrected chi connectivity index (χ1v) is 14.7. The summed E-state index contributed by atoms with van der Waals surface area (Å²) >= 11 is 0. The van der Waals surface area contributed by atoms with E-state index in [1.54, 1.807) is 6.07 Å². The maximum absolute atomic E-state index is 10.9. The number of nitrogens with zero attached hydrogens (tertiary/aromatic N) is 4. The Morgan fingerprint density at radius 3 is 2.32 bits per heavy atom. The van der Waals surface area contributed by atoms with Crippen LogP contribution in [0, 0.1) is 6.07 Å². The number of benzene rings is 4. The van der Waals surface area contributed by atoms with Crippen LogP contribution in [0.1, 0.15) is 25.0 Å². The van der Waals surface area contributed by atoms with Crippen molar-refractivity contribution < 1.29 is 26.2 Å². The molecule has 5 nitrogen and oxygen atoms in total. The van der Waals surface area contributed by atoms with Gasteiger partial charge in [0.25, 0.3) is 0 Å². The molecule has 44 heavy (non-hydrogen) atoms. The van der Waals surface area contributed by atoms with E-state index < -0.39 is 0 Å². The Kier molecular flexibility index (Phi) is 8.32. The smallest absolute Gasteiger partial charge is 0.139 e. The van der Waals surface area contributed by atoms with Crippen molar-refractivity contribution in [2.45, 2.75) is 26.7 Å². The molecule has 3 aromatic heterocycles. The van der Waals surface area contributed by atoms with E-state index in [1.165, 1.54) is 5.56 Å². The van der Waals surface area contributed by atoms with Crippen LogP contribution in [0.15, 0.2) is 121 Å². The molecule has 0 spiro atoms. The van der Waals surface area contributed by atoms with Gasteiger partial charge in [0.15, 0.2) is 0 Å². The van der Waals surface area contributed by atoms with E-state index in [0.29, 0.717) is 5.69 Å². The van der Waals surface area contributed by atoms with Crippen molar-refractivity contribution in [3.63, 3.8) is 0 Å². The molecule has 6 heteroatoms. The van der Waals surface area contributed by atoms with Gasteiger partial charge in [0.05, 0.1) is 11.2 Å². The van der Waals surface area contributed by atoms with Crippen molar-refractivity contribution in [1.29, 1.82) is 0 Å². The molecular weight excluding hydrogens is 724 g/mol. The largest absolute Gasteiger partial charge is 0.506 e. The van der Waals surface area contributed by atoms with E-state index in [-0.39, 0.29) is 26.8 Å². The molecule has 4 aromatic carbocycles. The summed E-state index contributed by atoms with van der Waals surface area (Å²) in [7, 11) is 0. The van der Waals surface area contributed by atoms with Gasteiger partial charge in [-0.25, -0.2) is 4.98 Å². The fourth-order valence-electron chi connectivity index (χ4n) is 5.82. The average Bonchev–Trinajstić information content (AvgIpc) is 3.38. The van der Waals surface area contributed by atoms with Gasteiger partial charge in [0.1, 0.15) is 17.2 Å². The van der Waals surface area contributed by atoms with Gasteiger partial charge in [0, 0.05) is 43.7 Å². The molecule has 0 aliphatic heterocycles. The molecule has 0 atom stereocenters. The number of hydrogen-bond donors (Lipinski definition) is 1. The van der Waals surface area contributed by atoms with Crippen molar-refractivity contribution in [3.05, 3.63) is 139 Å². The molecule has 7 aromatic rings. The standard InChI is InChI=1S/C38H31N4O.Pt/c1-3-26-20-21-33-31(23-26)32-25-27(4-2)37(40-38(32)42(33)34-17-8-9-18-35(34)43)28-13-12-16-30(24-28)41(29-14-6-5-7-15-29)36-19-10-11-22-39-36;/h5-23,25,43H,3-4H2,1-2H3;/q-1;. The number of aryl methyl sites for hydroxylation is 2. The maximum Gasteiger partial charge on any atom is 0.139 e. The summed E-state index contributed by atoms with van der Waals surface area (Å²) in [4.78, 5) is 12.1. The Morgan fingerprint density at radius 2 is 1.57 bits per heavy atom. The SMILES string of the molecule is CCc1ccc2c(c1)c1cc(CC)c(-c3[c-]c(N(c4ccccc4)c4ccccn4)ccc3)nc1n2-c1ccccc1O.[Pt]. The Morgan fingerprint density at radius 1 is 0.773 bits per heavy atom. The number of rotatable bonds is 7. The molecule has 0 bridgehead atoms. The molecule has 7 rings (SSSR count). The minimum atomic E-state index is 0. The Bertz CT molecular complexity index is 2030. The van der Waals surface area contributed by atoms with Crippen LogP contribution in [0.25, 0.3) is 38.9 Å². The molecule has 1 N–H and O–H groups in total. The molecular formula is C38H31N4OPt-. The number of aromatic nitrogens is 3. The molecule has 0 aliphatic rings. The molecule has 0 unspecified atom stereocenters. The van der Waals surface area contributed by atoms with Gasteiger partial charge in [-0.05, 0) is 78.3 Å². The van der Waals surface area contributed by atoms with Gasteiger partial charge in [0.2, 0.25) is 0 Å². The van der Waals surface area contributed by atoms with Crippen molar-refractivity contribution in [2.24, 2.45) is 0 Å². The predicted molar refractivity (Wildman–Crippen MR) is 176 cm³/mol. The number of phenolic OH excluding ortho intramolecular Hbond substituents is 1. The van der Waals surface area contributed by atoms with Crippen LogP contribution in [-0.4, -0.2) is 19.6 Å². The second-order valence-corrected chi connectivity index (χ2v) is 10.6. The summed E-state index contributed by atoms with van der Waals surface area (Å²) in [6, 6.07) is 42.3. The first-order chi connectivity index (χ1) is 21.2. The van der Waals surface area contributed by atoms with E-state index in [9.17, 15) is 5.11 Å². The van der Waals surface area contributed by atoms with E-state index in [4.69, 9.17) is 4.98 Å². The van der Waals surface area contributed by atoms with Crippen LogP contribution in [0.3, 0.4) is 0 Å². The van der Waals surface area contributed by atoms with E-state index >= 15 is 0 Å². The minimum absolute atomic E-state index is 0. The summed E-state index contributed by atoms with van der Waals surface area (Å²) < 4.78 is 2.08. The number of anilines is 3. The monoisotopic (exact) mass is 754 g/mol. The van der Waals surface area contributed by atoms with Crippen LogP contribution >= 0.6 is 0 Å².